The second kappa shape index (κ2) is 7.03. The van der Waals surface area contributed by atoms with Gasteiger partial charge in [0.1, 0.15) is 11.8 Å². The Kier molecular flexibility index (Phi) is 4.42. The van der Waals surface area contributed by atoms with Gasteiger partial charge in [0.05, 0.1) is 17.8 Å². The van der Waals surface area contributed by atoms with Crippen molar-refractivity contribution in [2.24, 2.45) is 11.7 Å². The number of allylic oxidation sites excluding steroid dienone is 2. The normalized spacial score (nSPS) is 20.3. The molecular weight excluding hydrogens is 342 g/mol. The van der Waals surface area contributed by atoms with Crippen LogP contribution in [0.4, 0.5) is 5.82 Å². The van der Waals surface area contributed by atoms with E-state index in [1.165, 1.54) is 0 Å². The molecule has 0 saturated heterocycles. The van der Waals surface area contributed by atoms with Crippen LogP contribution < -0.4 is 11.1 Å². The molecule has 2 atom stereocenters. The van der Waals surface area contributed by atoms with Gasteiger partial charge in [-0.05, 0) is 12.5 Å². The fraction of sp³-hybridized carbons (Fsp3) is 0.200. The highest BCUT2D eigenvalue weighted by Crippen LogP contribution is 2.38. The van der Waals surface area contributed by atoms with Crippen LogP contribution in [0.1, 0.15) is 17.1 Å². The van der Waals surface area contributed by atoms with Gasteiger partial charge in [-0.1, -0.05) is 48.6 Å². The number of nitrogens with two attached hydrogens (primary N) is 1. The summed E-state index contributed by atoms with van der Waals surface area (Å²) in [5, 5.41) is 11.8. The zero-order valence-corrected chi connectivity index (χ0v) is 14.8. The molecule has 7 heteroatoms. The fourth-order valence-electron chi connectivity index (χ4n) is 3.19. The van der Waals surface area contributed by atoms with Crippen molar-refractivity contribution in [1.29, 1.82) is 0 Å². The summed E-state index contributed by atoms with van der Waals surface area (Å²) in [7, 11) is 0. The molecule has 0 fully saturated rings. The molecule has 0 bridgehead atoms. The first-order valence-corrected chi connectivity index (χ1v) is 8.66. The number of fused-ring (bicyclic) bond motifs is 1. The first-order chi connectivity index (χ1) is 13.1. The number of nitrogens with zero attached hydrogens (tertiary/aromatic N) is 3. The van der Waals surface area contributed by atoms with Crippen LogP contribution in [-0.4, -0.2) is 27.2 Å². The first-order valence-electron chi connectivity index (χ1n) is 8.66. The van der Waals surface area contributed by atoms with E-state index in [-0.39, 0.29) is 5.92 Å². The minimum atomic E-state index is -0.489. The highest BCUT2D eigenvalue weighted by atomic mass is 16.5. The Balaban J connectivity index is 1.56. The molecule has 4 rings (SSSR count). The van der Waals surface area contributed by atoms with Crippen molar-refractivity contribution < 1.29 is 9.53 Å². The lowest BCUT2D eigenvalue weighted by Gasteiger charge is -2.21. The first kappa shape index (κ1) is 17.0. The average Bonchev–Trinajstić information content (AvgIpc) is 3.12. The number of aromatic nitrogens is 3. The molecule has 27 heavy (non-hydrogen) atoms. The van der Waals surface area contributed by atoms with Gasteiger partial charge < -0.3 is 15.8 Å². The number of nitrogens with one attached hydrogen (secondary N) is 1. The van der Waals surface area contributed by atoms with Gasteiger partial charge in [0.25, 0.3) is 0 Å². The largest absolute Gasteiger partial charge is 0.492 e. The Hall–Kier alpha value is -3.48. The quantitative estimate of drug-likeness (QED) is 0.846. The van der Waals surface area contributed by atoms with Gasteiger partial charge in [0.2, 0.25) is 5.91 Å². The van der Waals surface area contributed by atoms with E-state index in [1.54, 1.807) is 18.4 Å². The molecule has 1 amide bonds. The lowest BCUT2D eigenvalue weighted by atomic mass is 9.86. The smallest absolute Gasteiger partial charge is 0.248 e. The summed E-state index contributed by atoms with van der Waals surface area (Å²) < 4.78 is 5.69. The van der Waals surface area contributed by atoms with Crippen molar-refractivity contribution in [2.75, 3.05) is 5.32 Å². The molecule has 1 aliphatic heterocycles. The second-order valence-corrected chi connectivity index (χ2v) is 6.44. The van der Waals surface area contributed by atoms with E-state index >= 15 is 0 Å². The third kappa shape index (κ3) is 3.31. The van der Waals surface area contributed by atoms with Crippen molar-refractivity contribution in [3.63, 3.8) is 0 Å². The summed E-state index contributed by atoms with van der Waals surface area (Å²) in [4.78, 5) is 16.2. The van der Waals surface area contributed by atoms with Crippen LogP contribution in [0.5, 0.6) is 0 Å². The number of benzene rings is 1. The lowest BCUT2D eigenvalue weighted by molar-refractivity contribution is -0.115. The summed E-state index contributed by atoms with van der Waals surface area (Å²) in [5.41, 5.74) is 8.52. The molecule has 0 saturated carbocycles. The van der Waals surface area contributed by atoms with Crippen LogP contribution in [0.25, 0.3) is 5.57 Å². The molecular formula is C20H19N5O2. The van der Waals surface area contributed by atoms with Crippen LogP contribution >= 0.6 is 0 Å². The van der Waals surface area contributed by atoms with Gasteiger partial charge in [-0.15, -0.1) is 10.2 Å². The molecule has 7 nitrogen and oxygen atoms in total. The van der Waals surface area contributed by atoms with Crippen LogP contribution in [-0.2, 0) is 16.1 Å². The standard InChI is InChI=1S/C20H19N5O2/c1-12-19(22-10-13-6-3-2-4-7-13)23-20(25-24-12)16-11-27-17-14(16)8-5-9-15(17)18(21)26/h2-9,11,14,17H,10H2,1H3,(H2,21,26)(H,22,23,25). The zero-order chi connectivity index (χ0) is 18.8. The predicted molar refractivity (Wildman–Crippen MR) is 101 cm³/mol. The molecule has 3 N–H and O–H groups in total. The van der Waals surface area contributed by atoms with E-state index in [0.717, 1.165) is 11.1 Å². The summed E-state index contributed by atoms with van der Waals surface area (Å²) in [6, 6.07) is 10.1. The minimum Gasteiger partial charge on any atom is -0.492 e. The molecule has 2 heterocycles. The zero-order valence-electron chi connectivity index (χ0n) is 14.8. The van der Waals surface area contributed by atoms with Crippen molar-refractivity contribution >= 4 is 17.3 Å². The van der Waals surface area contributed by atoms with Gasteiger partial charge in [-0.25, -0.2) is 4.98 Å². The number of hydrogen-bond acceptors (Lipinski definition) is 6. The van der Waals surface area contributed by atoms with Crippen LogP contribution in [0.3, 0.4) is 0 Å². The molecule has 2 unspecified atom stereocenters. The number of carbonyl (C=O) groups is 1. The molecule has 1 aliphatic carbocycles. The average molecular weight is 361 g/mol. The number of rotatable bonds is 5. The summed E-state index contributed by atoms with van der Waals surface area (Å²) in [5.74, 6) is 0.485. The number of carbonyl (C=O) groups excluding carboxylic acids is 1. The third-order valence-electron chi connectivity index (χ3n) is 4.63. The minimum absolute atomic E-state index is 0.163. The van der Waals surface area contributed by atoms with E-state index in [2.05, 4.69) is 20.5 Å². The Morgan fingerprint density at radius 2 is 2.07 bits per heavy atom. The summed E-state index contributed by atoms with van der Waals surface area (Å²) in [6.07, 6.45) is 6.60. The highest BCUT2D eigenvalue weighted by Gasteiger charge is 2.38. The van der Waals surface area contributed by atoms with E-state index in [9.17, 15) is 4.79 Å². The van der Waals surface area contributed by atoms with E-state index in [4.69, 9.17) is 10.5 Å². The predicted octanol–water partition coefficient (Wildman–Crippen LogP) is 2.13. The molecule has 1 aromatic carbocycles. The van der Waals surface area contributed by atoms with Crippen molar-refractivity contribution in [3.8, 4) is 0 Å². The molecule has 136 valence electrons. The van der Waals surface area contributed by atoms with Crippen LogP contribution in [0.15, 0.2) is 60.4 Å². The molecule has 1 aromatic heterocycles. The van der Waals surface area contributed by atoms with Gasteiger partial charge in [-0.3, -0.25) is 4.79 Å². The maximum atomic E-state index is 11.6. The Morgan fingerprint density at radius 3 is 2.85 bits per heavy atom. The molecule has 2 aromatic rings. The van der Waals surface area contributed by atoms with Gasteiger partial charge in [0, 0.05) is 12.1 Å². The number of ether oxygens (including phenoxy) is 1. The SMILES string of the molecule is Cc1nnc(C2=COC3C(C(N)=O)=CC=CC23)nc1NCc1ccccc1. The van der Waals surface area contributed by atoms with Crippen molar-refractivity contribution in [1.82, 2.24) is 15.2 Å². The lowest BCUT2D eigenvalue weighted by Crippen LogP contribution is -2.30. The summed E-state index contributed by atoms with van der Waals surface area (Å²) >= 11 is 0. The maximum Gasteiger partial charge on any atom is 0.248 e. The number of primary amides is 1. The molecule has 2 aliphatic rings. The molecule has 0 radical (unpaired) electrons. The van der Waals surface area contributed by atoms with Gasteiger partial charge in [0.15, 0.2) is 11.6 Å². The van der Waals surface area contributed by atoms with Gasteiger partial charge >= 0.3 is 0 Å². The van der Waals surface area contributed by atoms with Gasteiger partial charge in [-0.2, -0.15) is 0 Å². The van der Waals surface area contributed by atoms with E-state index in [1.807, 2.05) is 43.3 Å². The van der Waals surface area contributed by atoms with Crippen molar-refractivity contribution in [3.05, 3.63) is 77.5 Å². The Bertz CT molecular complexity index is 966. The molecule has 0 spiro atoms. The number of anilines is 1. The second-order valence-electron chi connectivity index (χ2n) is 6.44. The topological polar surface area (TPSA) is 103 Å². The van der Waals surface area contributed by atoms with Crippen molar-refractivity contribution in [2.45, 2.75) is 19.6 Å². The number of aryl methyl sites for hydroxylation is 1. The van der Waals surface area contributed by atoms with E-state index in [0.29, 0.717) is 29.5 Å². The van der Waals surface area contributed by atoms with Crippen LogP contribution in [0, 0.1) is 12.8 Å². The van der Waals surface area contributed by atoms with Crippen LogP contribution in [0.2, 0.25) is 0 Å². The third-order valence-corrected chi connectivity index (χ3v) is 4.63. The van der Waals surface area contributed by atoms with E-state index < -0.39 is 12.0 Å². The summed E-state index contributed by atoms with van der Waals surface area (Å²) in [6.45, 7) is 2.49. The maximum absolute atomic E-state index is 11.6. The highest BCUT2D eigenvalue weighted by molar-refractivity contribution is 5.94. The number of amides is 1. The fourth-order valence-corrected chi connectivity index (χ4v) is 3.19. The Morgan fingerprint density at radius 1 is 1.26 bits per heavy atom. The number of hydrogen-bond donors (Lipinski definition) is 2. The Labute approximate surface area is 156 Å². The monoisotopic (exact) mass is 361 g/mol.